The molecule has 0 amide bonds. The molecule has 3 heteroatoms. The first-order chi connectivity index (χ1) is 7.90. The molecule has 0 spiro atoms. The molecular formula is C13H26N2O. The summed E-state index contributed by atoms with van der Waals surface area (Å²) in [4.78, 5) is 2.58. The molecule has 1 aliphatic heterocycles. The molecule has 1 saturated heterocycles. The summed E-state index contributed by atoms with van der Waals surface area (Å²) in [5.74, 6) is 0.954. The van der Waals surface area contributed by atoms with E-state index in [1.165, 1.54) is 45.3 Å². The maximum Gasteiger partial charge on any atom is 0.0593 e. The Hall–Kier alpha value is -0.120. The van der Waals surface area contributed by atoms with Gasteiger partial charge >= 0.3 is 0 Å². The molecular weight excluding hydrogens is 200 g/mol. The number of hydrogen-bond donors (Lipinski definition) is 1. The Labute approximate surface area is 99.5 Å². The fourth-order valence-electron chi connectivity index (χ4n) is 2.47. The van der Waals surface area contributed by atoms with Crippen LogP contribution in [0.2, 0.25) is 0 Å². The maximum atomic E-state index is 5.50. The van der Waals surface area contributed by atoms with Crippen LogP contribution >= 0.6 is 0 Å². The second-order valence-corrected chi connectivity index (χ2v) is 5.16. The first-order valence-corrected chi connectivity index (χ1v) is 6.93. The number of ether oxygens (including phenoxy) is 1. The van der Waals surface area contributed by atoms with E-state index in [0.717, 1.165) is 31.7 Å². The van der Waals surface area contributed by atoms with Crippen molar-refractivity contribution in [1.82, 2.24) is 10.2 Å². The van der Waals surface area contributed by atoms with Crippen LogP contribution in [0.3, 0.4) is 0 Å². The van der Waals surface area contributed by atoms with Gasteiger partial charge in [0.15, 0.2) is 0 Å². The molecule has 1 heterocycles. The number of nitrogens with zero attached hydrogens (tertiary/aromatic N) is 1. The molecule has 2 aliphatic rings. The Morgan fingerprint density at radius 1 is 1.31 bits per heavy atom. The second-order valence-electron chi connectivity index (χ2n) is 5.16. The van der Waals surface area contributed by atoms with Gasteiger partial charge in [0.1, 0.15) is 0 Å². The van der Waals surface area contributed by atoms with Gasteiger partial charge in [-0.05, 0) is 38.1 Å². The van der Waals surface area contributed by atoms with Gasteiger partial charge in [0, 0.05) is 32.3 Å². The Morgan fingerprint density at radius 2 is 2.19 bits per heavy atom. The third-order valence-corrected chi connectivity index (χ3v) is 3.62. The van der Waals surface area contributed by atoms with Crippen LogP contribution in [-0.4, -0.2) is 50.3 Å². The lowest BCUT2D eigenvalue weighted by molar-refractivity contribution is 0.138. The lowest BCUT2D eigenvalue weighted by Crippen LogP contribution is -2.43. The lowest BCUT2D eigenvalue weighted by atomic mass is 10.1. The molecule has 3 nitrogen and oxygen atoms in total. The van der Waals surface area contributed by atoms with E-state index in [1.807, 2.05) is 0 Å². The van der Waals surface area contributed by atoms with Crippen LogP contribution < -0.4 is 5.32 Å². The van der Waals surface area contributed by atoms with Crippen LogP contribution in [0.4, 0.5) is 0 Å². The van der Waals surface area contributed by atoms with Gasteiger partial charge in [0.25, 0.3) is 0 Å². The molecule has 2 rings (SSSR count). The van der Waals surface area contributed by atoms with Crippen molar-refractivity contribution >= 4 is 0 Å². The molecule has 0 bridgehead atoms. The van der Waals surface area contributed by atoms with Gasteiger partial charge in [-0.2, -0.15) is 0 Å². The summed E-state index contributed by atoms with van der Waals surface area (Å²) in [5, 5.41) is 3.72. The molecule has 1 aliphatic carbocycles. The summed E-state index contributed by atoms with van der Waals surface area (Å²) in [7, 11) is 0. The van der Waals surface area contributed by atoms with E-state index < -0.39 is 0 Å². The minimum atomic E-state index is 0.734. The van der Waals surface area contributed by atoms with Gasteiger partial charge in [0.05, 0.1) is 6.61 Å². The summed E-state index contributed by atoms with van der Waals surface area (Å²) in [6.45, 7) is 8.86. The summed E-state index contributed by atoms with van der Waals surface area (Å²) in [6.07, 6.45) is 5.31. The molecule has 0 aromatic heterocycles. The van der Waals surface area contributed by atoms with Crippen LogP contribution in [0, 0.1) is 5.92 Å². The van der Waals surface area contributed by atoms with Crippen LogP contribution in [0.5, 0.6) is 0 Å². The van der Waals surface area contributed by atoms with Gasteiger partial charge in [0.2, 0.25) is 0 Å². The molecule has 1 saturated carbocycles. The summed E-state index contributed by atoms with van der Waals surface area (Å²) >= 11 is 0. The fraction of sp³-hybridized carbons (Fsp3) is 1.00. The van der Waals surface area contributed by atoms with Gasteiger partial charge in [-0.15, -0.1) is 0 Å². The van der Waals surface area contributed by atoms with E-state index in [0.29, 0.717) is 0 Å². The molecule has 1 atom stereocenters. The standard InChI is InChI=1S/C13H26N2O/c1-2-6-14-13(12-4-5-12)11-15-7-3-9-16-10-8-15/h12-14H,2-11H2,1H3. The summed E-state index contributed by atoms with van der Waals surface area (Å²) in [6, 6.07) is 0.734. The van der Waals surface area contributed by atoms with Crippen LogP contribution in [-0.2, 0) is 4.74 Å². The highest BCUT2D eigenvalue weighted by atomic mass is 16.5. The predicted octanol–water partition coefficient (Wildman–Crippen LogP) is 1.49. The van der Waals surface area contributed by atoms with E-state index >= 15 is 0 Å². The number of hydrogen-bond acceptors (Lipinski definition) is 3. The van der Waals surface area contributed by atoms with Crippen LogP contribution in [0.15, 0.2) is 0 Å². The van der Waals surface area contributed by atoms with Crippen molar-refractivity contribution in [1.29, 1.82) is 0 Å². The van der Waals surface area contributed by atoms with Crippen molar-refractivity contribution in [2.24, 2.45) is 5.92 Å². The minimum absolute atomic E-state index is 0.734. The van der Waals surface area contributed by atoms with E-state index in [9.17, 15) is 0 Å². The molecule has 16 heavy (non-hydrogen) atoms. The Morgan fingerprint density at radius 3 is 2.94 bits per heavy atom. The van der Waals surface area contributed by atoms with E-state index in [1.54, 1.807) is 0 Å². The Kier molecular flexibility index (Phi) is 5.07. The zero-order chi connectivity index (χ0) is 11.2. The highest BCUT2D eigenvalue weighted by molar-refractivity contribution is 4.88. The smallest absolute Gasteiger partial charge is 0.0593 e. The monoisotopic (exact) mass is 226 g/mol. The SMILES string of the molecule is CCCNC(CN1CCCOCC1)C1CC1. The largest absolute Gasteiger partial charge is 0.380 e. The van der Waals surface area contributed by atoms with Crippen LogP contribution in [0.25, 0.3) is 0 Å². The van der Waals surface area contributed by atoms with Crippen LogP contribution in [0.1, 0.15) is 32.6 Å². The summed E-state index contributed by atoms with van der Waals surface area (Å²) < 4.78 is 5.50. The maximum absolute atomic E-state index is 5.50. The second kappa shape index (κ2) is 6.58. The van der Waals surface area contributed by atoms with Crippen molar-refractivity contribution in [3.63, 3.8) is 0 Å². The quantitative estimate of drug-likeness (QED) is 0.742. The van der Waals surface area contributed by atoms with Crippen molar-refractivity contribution in [2.75, 3.05) is 39.4 Å². The Balaban J connectivity index is 1.74. The van der Waals surface area contributed by atoms with Gasteiger partial charge in [-0.3, -0.25) is 4.90 Å². The molecule has 94 valence electrons. The van der Waals surface area contributed by atoms with Crippen molar-refractivity contribution in [3.05, 3.63) is 0 Å². The molecule has 1 unspecified atom stereocenters. The summed E-state index contributed by atoms with van der Waals surface area (Å²) in [5.41, 5.74) is 0. The number of rotatable bonds is 6. The molecule has 0 radical (unpaired) electrons. The highest BCUT2D eigenvalue weighted by Gasteiger charge is 2.31. The number of nitrogens with one attached hydrogen (secondary N) is 1. The van der Waals surface area contributed by atoms with Crippen molar-refractivity contribution in [3.8, 4) is 0 Å². The lowest BCUT2D eigenvalue weighted by Gasteiger charge is -2.26. The average molecular weight is 226 g/mol. The van der Waals surface area contributed by atoms with Gasteiger partial charge in [-0.25, -0.2) is 0 Å². The first-order valence-electron chi connectivity index (χ1n) is 6.93. The normalized spacial score (nSPS) is 25.3. The third kappa shape index (κ3) is 4.04. The average Bonchev–Trinajstić information content (AvgIpc) is 3.10. The third-order valence-electron chi connectivity index (χ3n) is 3.62. The predicted molar refractivity (Wildman–Crippen MR) is 66.7 cm³/mol. The van der Waals surface area contributed by atoms with Gasteiger partial charge < -0.3 is 10.1 Å². The zero-order valence-corrected chi connectivity index (χ0v) is 10.6. The highest BCUT2D eigenvalue weighted by Crippen LogP contribution is 2.33. The van der Waals surface area contributed by atoms with E-state index in [4.69, 9.17) is 4.74 Å². The van der Waals surface area contributed by atoms with E-state index in [2.05, 4.69) is 17.1 Å². The molecule has 2 fully saturated rings. The molecule has 0 aromatic carbocycles. The fourth-order valence-corrected chi connectivity index (χ4v) is 2.47. The topological polar surface area (TPSA) is 24.5 Å². The van der Waals surface area contributed by atoms with Gasteiger partial charge in [-0.1, -0.05) is 6.92 Å². The van der Waals surface area contributed by atoms with Crippen molar-refractivity contribution in [2.45, 2.75) is 38.6 Å². The minimum Gasteiger partial charge on any atom is -0.380 e. The van der Waals surface area contributed by atoms with Crippen molar-refractivity contribution < 1.29 is 4.74 Å². The first kappa shape index (κ1) is 12.3. The zero-order valence-electron chi connectivity index (χ0n) is 10.6. The van der Waals surface area contributed by atoms with E-state index in [-0.39, 0.29) is 0 Å². The molecule has 1 N–H and O–H groups in total. The Bertz CT molecular complexity index is 186. The molecule has 0 aromatic rings.